The van der Waals surface area contributed by atoms with Crippen LogP contribution in [0.15, 0.2) is 28.9 Å². The Labute approximate surface area is 155 Å². The smallest absolute Gasteiger partial charge is 0.154 e. The average molecular weight is 357 g/mol. The predicted molar refractivity (Wildman–Crippen MR) is 103 cm³/mol. The lowest BCUT2D eigenvalue weighted by molar-refractivity contribution is -0.126. The lowest BCUT2D eigenvalue weighted by atomic mass is 9.68. The minimum Gasteiger partial charge on any atom is -0.463 e. The van der Waals surface area contributed by atoms with Crippen molar-refractivity contribution in [3.8, 4) is 11.5 Å². The maximum atomic E-state index is 13.2. The van der Waals surface area contributed by atoms with Crippen LogP contribution in [-0.2, 0) is 17.8 Å². The van der Waals surface area contributed by atoms with Crippen LogP contribution < -0.4 is 5.73 Å². The zero-order valence-corrected chi connectivity index (χ0v) is 16.1. The van der Waals surface area contributed by atoms with Crippen LogP contribution in [0.2, 0.25) is 0 Å². The van der Waals surface area contributed by atoms with E-state index in [1.54, 1.807) is 6.26 Å². The van der Waals surface area contributed by atoms with E-state index in [1.165, 1.54) is 6.42 Å². The summed E-state index contributed by atoms with van der Waals surface area (Å²) in [6.45, 7) is 7.86. The second kappa shape index (κ2) is 8.21. The number of rotatable bonds is 7. The molecule has 26 heavy (non-hydrogen) atoms. The maximum Gasteiger partial charge on any atom is 0.154 e. The van der Waals surface area contributed by atoms with Crippen LogP contribution in [0.4, 0.5) is 0 Å². The maximum absolute atomic E-state index is 13.2. The molecule has 0 radical (unpaired) electrons. The molecule has 0 unspecified atom stereocenters. The molecule has 1 fully saturated rings. The first kappa shape index (κ1) is 18.9. The SMILES string of the molecule is CC(C)[C@@H]1CC[C@@H](C)C[C@H]1C(=O)Cc1cc(-c2ccco2)nn1CCN. The molecule has 3 atom stereocenters. The Morgan fingerprint density at radius 1 is 1.42 bits per heavy atom. The zero-order valence-electron chi connectivity index (χ0n) is 16.1. The monoisotopic (exact) mass is 357 g/mol. The summed E-state index contributed by atoms with van der Waals surface area (Å²) in [5.41, 5.74) is 7.45. The molecule has 2 aromatic heterocycles. The molecule has 142 valence electrons. The Morgan fingerprint density at radius 3 is 2.88 bits per heavy atom. The fourth-order valence-corrected chi connectivity index (χ4v) is 4.34. The minimum absolute atomic E-state index is 0.159. The van der Waals surface area contributed by atoms with E-state index in [0.717, 1.165) is 30.0 Å². The quantitative estimate of drug-likeness (QED) is 0.815. The van der Waals surface area contributed by atoms with E-state index in [1.807, 2.05) is 22.9 Å². The normalized spacial score (nSPS) is 23.5. The van der Waals surface area contributed by atoms with Crippen LogP contribution in [0.25, 0.3) is 11.5 Å². The Balaban J connectivity index is 1.81. The average Bonchev–Trinajstić information content (AvgIpc) is 3.25. The minimum atomic E-state index is 0.159. The van der Waals surface area contributed by atoms with Crippen molar-refractivity contribution in [1.82, 2.24) is 9.78 Å². The number of Topliss-reactive ketones (excluding diaryl/α,β-unsaturated/α-hetero) is 1. The summed E-state index contributed by atoms with van der Waals surface area (Å²) in [6.07, 6.45) is 5.47. The third kappa shape index (κ3) is 4.09. The highest BCUT2D eigenvalue weighted by Crippen LogP contribution is 2.39. The third-order valence-electron chi connectivity index (χ3n) is 5.77. The second-order valence-corrected chi connectivity index (χ2v) is 8.09. The first-order valence-electron chi connectivity index (χ1n) is 9.83. The van der Waals surface area contributed by atoms with Gasteiger partial charge in [-0.05, 0) is 48.8 Å². The Hall–Kier alpha value is -1.88. The molecule has 0 aliphatic heterocycles. The fourth-order valence-electron chi connectivity index (χ4n) is 4.34. The van der Waals surface area contributed by atoms with E-state index in [4.69, 9.17) is 10.2 Å². The molecule has 0 saturated heterocycles. The summed E-state index contributed by atoms with van der Waals surface area (Å²) in [4.78, 5) is 13.2. The van der Waals surface area contributed by atoms with E-state index in [9.17, 15) is 4.79 Å². The summed E-state index contributed by atoms with van der Waals surface area (Å²) in [5, 5.41) is 4.60. The van der Waals surface area contributed by atoms with Crippen molar-refractivity contribution in [2.45, 2.75) is 53.0 Å². The number of hydrogen-bond donors (Lipinski definition) is 1. The van der Waals surface area contributed by atoms with Crippen LogP contribution in [0.3, 0.4) is 0 Å². The van der Waals surface area contributed by atoms with Gasteiger partial charge in [-0.2, -0.15) is 5.10 Å². The molecule has 0 amide bonds. The Morgan fingerprint density at radius 2 is 2.23 bits per heavy atom. The highest BCUT2D eigenvalue weighted by molar-refractivity contribution is 5.83. The molecule has 1 aliphatic rings. The van der Waals surface area contributed by atoms with Gasteiger partial charge in [0.1, 0.15) is 11.5 Å². The number of carbonyl (C=O) groups is 1. The molecule has 2 aromatic rings. The molecule has 5 heteroatoms. The molecule has 0 aromatic carbocycles. The van der Waals surface area contributed by atoms with Crippen LogP contribution in [0.5, 0.6) is 0 Å². The summed E-state index contributed by atoms with van der Waals surface area (Å²) >= 11 is 0. The molecule has 0 bridgehead atoms. The van der Waals surface area contributed by atoms with Gasteiger partial charge in [0.2, 0.25) is 0 Å². The summed E-state index contributed by atoms with van der Waals surface area (Å²) in [5.74, 6) is 2.90. The van der Waals surface area contributed by atoms with Crippen molar-refractivity contribution in [2.75, 3.05) is 6.54 Å². The lowest BCUT2D eigenvalue weighted by Crippen LogP contribution is -2.34. The van der Waals surface area contributed by atoms with Gasteiger partial charge in [0.25, 0.3) is 0 Å². The molecular weight excluding hydrogens is 326 g/mol. The van der Waals surface area contributed by atoms with Crippen molar-refractivity contribution >= 4 is 5.78 Å². The lowest BCUT2D eigenvalue weighted by Gasteiger charge is -2.36. The number of aromatic nitrogens is 2. The molecule has 5 nitrogen and oxygen atoms in total. The molecule has 2 heterocycles. The number of hydrogen-bond acceptors (Lipinski definition) is 4. The van der Waals surface area contributed by atoms with Gasteiger partial charge in [0, 0.05) is 24.6 Å². The largest absolute Gasteiger partial charge is 0.463 e. The molecule has 1 saturated carbocycles. The molecular formula is C21H31N3O2. The van der Waals surface area contributed by atoms with Gasteiger partial charge in [-0.1, -0.05) is 27.2 Å². The number of carbonyl (C=O) groups excluding carboxylic acids is 1. The van der Waals surface area contributed by atoms with Gasteiger partial charge >= 0.3 is 0 Å². The van der Waals surface area contributed by atoms with Gasteiger partial charge in [-0.25, -0.2) is 0 Å². The van der Waals surface area contributed by atoms with Crippen LogP contribution in [-0.4, -0.2) is 22.1 Å². The third-order valence-corrected chi connectivity index (χ3v) is 5.77. The number of ketones is 1. The van der Waals surface area contributed by atoms with Crippen LogP contribution in [0.1, 0.15) is 45.7 Å². The second-order valence-electron chi connectivity index (χ2n) is 8.09. The highest BCUT2D eigenvalue weighted by Gasteiger charge is 2.35. The van der Waals surface area contributed by atoms with E-state index >= 15 is 0 Å². The van der Waals surface area contributed by atoms with Gasteiger partial charge in [0.15, 0.2) is 5.76 Å². The molecule has 2 N–H and O–H groups in total. The number of nitrogens with zero attached hydrogens (tertiary/aromatic N) is 2. The standard InChI is InChI=1S/C21H31N3O2/c1-14(2)17-7-6-15(3)11-18(17)20(25)13-16-12-19(21-5-4-10-26-21)23-24(16)9-8-22/h4-5,10,12,14-15,17-18H,6-9,11,13,22H2,1-3H3/t15-,17+,18-/m1/s1. The van der Waals surface area contributed by atoms with E-state index in [-0.39, 0.29) is 5.92 Å². The van der Waals surface area contributed by atoms with Gasteiger partial charge in [-0.15, -0.1) is 0 Å². The van der Waals surface area contributed by atoms with Crippen LogP contribution >= 0.6 is 0 Å². The molecule has 0 spiro atoms. The van der Waals surface area contributed by atoms with Crippen molar-refractivity contribution in [1.29, 1.82) is 0 Å². The summed E-state index contributed by atoms with van der Waals surface area (Å²) in [7, 11) is 0. The van der Waals surface area contributed by atoms with Crippen molar-refractivity contribution in [3.05, 3.63) is 30.2 Å². The van der Waals surface area contributed by atoms with E-state index in [2.05, 4.69) is 25.9 Å². The predicted octanol–water partition coefficient (Wildman–Crippen LogP) is 3.92. The van der Waals surface area contributed by atoms with E-state index < -0.39 is 0 Å². The van der Waals surface area contributed by atoms with Crippen molar-refractivity contribution in [3.63, 3.8) is 0 Å². The molecule has 3 rings (SSSR count). The first-order valence-corrected chi connectivity index (χ1v) is 9.83. The number of nitrogens with two attached hydrogens (primary N) is 1. The van der Waals surface area contributed by atoms with Crippen molar-refractivity contribution < 1.29 is 9.21 Å². The van der Waals surface area contributed by atoms with E-state index in [0.29, 0.717) is 43.0 Å². The van der Waals surface area contributed by atoms with Gasteiger partial charge in [-0.3, -0.25) is 9.48 Å². The number of furan rings is 1. The van der Waals surface area contributed by atoms with Crippen LogP contribution in [0, 0.1) is 23.7 Å². The topological polar surface area (TPSA) is 74.0 Å². The summed E-state index contributed by atoms with van der Waals surface area (Å²) < 4.78 is 7.33. The first-order chi connectivity index (χ1) is 12.5. The molecule has 1 aliphatic carbocycles. The zero-order chi connectivity index (χ0) is 18.7. The van der Waals surface area contributed by atoms with Gasteiger partial charge in [0.05, 0.1) is 12.8 Å². The fraction of sp³-hybridized carbons (Fsp3) is 0.619. The summed E-state index contributed by atoms with van der Waals surface area (Å²) in [6, 6.07) is 5.71. The van der Waals surface area contributed by atoms with Gasteiger partial charge < -0.3 is 10.2 Å². The van der Waals surface area contributed by atoms with Crippen molar-refractivity contribution in [2.24, 2.45) is 29.4 Å². The highest BCUT2D eigenvalue weighted by atomic mass is 16.3. The Kier molecular flexibility index (Phi) is 5.97. The Bertz CT molecular complexity index is 718.